The van der Waals surface area contributed by atoms with Crippen molar-refractivity contribution in [2.75, 3.05) is 6.54 Å². The molecule has 0 atom stereocenters. The first-order valence-electron chi connectivity index (χ1n) is 10.2. The van der Waals surface area contributed by atoms with Crippen LogP contribution in [0.15, 0.2) is 4.79 Å². The zero-order chi connectivity index (χ0) is 19.8. The summed E-state index contributed by atoms with van der Waals surface area (Å²) in [6.45, 7) is 5.58. The Balaban J connectivity index is 1.53. The van der Waals surface area contributed by atoms with Gasteiger partial charge in [0.15, 0.2) is 0 Å². The van der Waals surface area contributed by atoms with Crippen LogP contribution in [0.3, 0.4) is 0 Å². The molecule has 0 bridgehead atoms. The van der Waals surface area contributed by atoms with Crippen molar-refractivity contribution in [3.63, 3.8) is 0 Å². The van der Waals surface area contributed by atoms with Crippen molar-refractivity contribution in [3.05, 3.63) is 50.0 Å². The van der Waals surface area contributed by atoms with Crippen LogP contribution in [0, 0.1) is 13.8 Å². The second kappa shape index (κ2) is 7.54. The molecule has 3 heterocycles. The molecule has 0 spiro atoms. The first-order valence-corrected chi connectivity index (χ1v) is 10.2. The third kappa shape index (κ3) is 3.51. The monoisotopic (exact) mass is 384 g/mol. The molecule has 28 heavy (non-hydrogen) atoms. The molecule has 7 heteroatoms. The zero-order valence-electron chi connectivity index (χ0n) is 16.6. The lowest BCUT2D eigenvalue weighted by Gasteiger charge is -2.28. The third-order valence-electron chi connectivity index (χ3n) is 6.29. The molecule has 150 valence electrons. The van der Waals surface area contributed by atoms with Crippen LogP contribution >= 0.6 is 0 Å². The maximum Gasteiger partial charge on any atom is 0.337 e. The van der Waals surface area contributed by atoms with Crippen LogP contribution in [0.2, 0.25) is 0 Å². The molecule has 0 amide bonds. The van der Waals surface area contributed by atoms with Gasteiger partial charge >= 0.3 is 5.97 Å². The molecule has 1 aliphatic heterocycles. The molecule has 1 saturated carbocycles. The van der Waals surface area contributed by atoms with Crippen LogP contribution in [0.25, 0.3) is 0 Å². The van der Waals surface area contributed by atoms with Crippen molar-refractivity contribution < 1.29 is 9.90 Å². The highest BCUT2D eigenvalue weighted by Crippen LogP contribution is 2.31. The molecule has 0 radical (unpaired) electrons. The number of aromatic amines is 2. The molecule has 2 aliphatic rings. The lowest BCUT2D eigenvalue weighted by atomic mass is 9.88. The minimum atomic E-state index is -0.905. The van der Waals surface area contributed by atoms with Gasteiger partial charge < -0.3 is 15.1 Å². The average Bonchev–Trinajstić information content (AvgIpc) is 2.96. The standard InChI is InChI=1S/C21H28N4O3/c1-12-17(22-13(2)18(12)21(27)28)11-25-9-8-16-15(10-25)20(26)24-19(23-16)14-6-4-3-5-7-14/h14,22H,3-11H2,1-2H3,(H,27,28)(H,23,24,26). The van der Waals surface area contributed by atoms with Gasteiger partial charge in [-0.3, -0.25) is 9.69 Å². The van der Waals surface area contributed by atoms with Gasteiger partial charge in [-0.05, 0) is 32.3 Å². The first kappa shape index (κ1) is 18.9. The van der Waals surface area contributed by atoms with E-state index in [1.165, 1.54) is 19.3 Å². The summed E-state index contributed by atoms with van der Waals surface area (Å²) < 4.78 is 0. The molecule has 0 unspecified atom stereocenters. The molecule has 2 aromatic heterocycles. The van der Waals surface area contributed by atoms with E-state index in [-0.39, 0.29) is 5.56 Å². The van der Waals surface area contributed by atoms with Gasteiger partial charge in [-0.25, -0.2) is 9.78 Å². The van der Waals surface area contributed by atoms with Crippen LogP contribution in [0.1, 0.15) is 82.4 Å². The third-order valence-corrected chi connectivity index (χ3v) is 6.29. The van der Waals surface area contributed by atoms with Crippen LogP contribution < -0.4 is 5.56 Å². The number of H-pyrrole nitrogens is 2. The smallest absolute Gasteiger partial charge is 0.337 e. The summed E-state index contributed by atoms with van der Waals surface area (Å²) in [6.07, 6.45) is 6.70. The quantitative estimate of drug-likeness (QED) is 0.752. The van der Waals surface area contributed by atoms with Gasteiger partial charge in [-0.1, -0.05) is 19.3 Å². The Kier molecular flexibility index (Phi) is 5.10. The van der Waals surface area contributed by atoms with Gasteiger partial charge in [-0.2, -0.15) is 0 Å². The van der Waals surface area contributed by atoms with Crippen LogP contribution in [0.4, 0.5) is 0 Å². The van der Waals surface area contributed by atoms with Crippen molar-refractivity contribution in [1.29, 1.82) is 0 Å². The van der Waals surface area contributed by atoms with Gasteiger partial charge in [0.1, 0.15) is 5.82 Å². The summed E-state index contributed by atoms with van der Waals surface area (Å²) in [4.78, 5) is 37.4. The number of fused-ring (bicyclic) bond motifs is 1. The first-order chi connectivity index (χ1) is 13.4. The topological polar surface area (TPSA) is 102 Å². The van der Waals surface area contributed by atoms with E-state index in [2.05, 4.69) is 14.9 Å². The summed E-state index contributed by atoms with van der Waals surface area (Å²) in [5.74, 6) is 0.361. The van der Waals surface area contributed by atoms with Crippen molar-refractivity contribution >= 4 is 5.97 Å². The Morgan fingerprint density at radius 3 is 2.64 bits per heavy atom. The molecule has 4 rings (SSSR count). The Morgan fingerprint density at radius 2 is 1.96 bits per heavy atom. The summed E-state index contributed by atoms with van der Waals surface area (Å²) in [6, 6.07) is 0. The van der Waals surface area contributed by atoms with E-state index in [0.717, 1.165) is 54.1 Å². The Bertz CT molecular complexity index is 953. The molecule has 0 aromatic carbocycles. The minimum Gasteiger partial charge on any atom is -0.478 e. The number of aromatic nitrogens is 3. The van der Waals surface area contributed by atoms with Gasteiger partial charge in [-0.15, -0.1) is 0 Å². The summed E-state index contributed by atoms with van der Waals surface area (Å²) in [5.41, 5.74) is 4.38. The average molecular weight is 384 g/mol. The number of aryl methyl sites for hydroxylation is 1. The van der Waals surface area contributed by atoms with E-state index in [1.807, 2.05) is 6.92 Å². The fraction of sp³-hybridized carbons (Fsp3) is 0.571. The fourth-order valence-corrected chi connectivity index (χ4v) is 4.72. The van der Waals surface area contributed by atoms with Crippen molar-refractivity contribution in [2.24, 2.45) is 0 Å². The zero-order valence-corrected chi connectivity index (χ0v) is 16.6. The molecule has 1 aliphatic carbocycles. The highest BCUT2D eigenvalue weighted by atomic mass is 16.4. The second-order valence-corrected chi connectivity index (χ2v) is 8.21. The number of rotatable bonds is 4. The molecule has 7 nitrogen and oxygen atoms in total. The molecular weight excluding hydrogens is 356 g/mol. The maximum absolute atomic E-state index is 12.7. The number of hydrogen-bond acceptors (Lipinski definition) is 4. The molecule has 2 aromatic rings. The molecular formula is C21H28N4O3. The van der Waals surface area contributed by atoms with Crippen LogP contribution in [-0.2, 0) is 19.5 Å². The summed E-state index contributed by atoms with van der Waals surface area (Å²) in [5, 5.41) is 9.38. The number of carboxylic acid groups (broad SMARTS) is 1. The highest BCUT2D eigenvalue weighted by molar-refractivity contribution is 5.91. The van der Waals surface area contributed by atoms with Crippen molar-refractivity contribution in [1.82, 2.24) is 19.9 Å². The molecule has 1 fully saturated rings. The Hall–Kier alpha value is -2.41. The Labute approximate surface area is 164 Å². The summed E-state index contributed by atoms with van der Waals surface area (Å²) in [7, 11) is 0. The lowest BCUT2D eigenvalue weighted by Crippen LogP contribution is -2.36. The van der Waals surface area contributed by atoms with Crippen LogP contribution in [0.5, 0.6) is 0 Å². The van der Waals surface area contributed by atoms with E-state index in [4.69, 9.17) is 4.98 Å². The van der Waals surface area contributed by atoms with Crippen molar-refractivity contribution in [3.8, 4) is 0 Å². The maximum atomic E-state index is 12.7. The lowest BCUT2D eigenvalue weighted by molar-refractivity contribution is 0.0695. The SMILES string of the molecule is Cc1[nH]c(CN2CCc3nc(C4CCCCC4)[nH]c(=O)c3C2)c(C)c1C(=O)O. The van der Waals surface area contributed by atoms with Gasteiger partial charge in [0.25, 0.3) is 5.56 Å². The molecule has 3 N–H and O–H groups in total. The van der Waals surface area contributed by atoms with Gasteiger partial charge in [0, 0.05) is 43.4 Å². The van der Waals surface area contributed by atoms with Gasteiger partial charge in [0.2, 0.25) is 0 Å². The normalized spacial score (nSPS) is 18.2. The number of hydrogen-bond donors (Lipinski definition) is 3. The fourth-order valence-electron chi connectivity index (χ4n) is 4.72. The molecule has 0 saturated heterocycles. The predicted molar refractivity (Wildman–Crippen MR) is 106 cm³/mol. The largest absolute Gasteiger partial charge is 0.478 e. The predicted octanol–water partition coefficient (Wildman–Crippen LogP) is 3.02. The van der Waals surface area contributed by atoms with Crippen molar-refractivity contribution in [2.45, 2.75) is 71.4 Å². The minimum absolute atomic E-state index is 0.0131. The van der Waals surface area contributed by atoms with E-state index in [1.54, 1.807) is 6.92 Å². The number of aromatic carboxylic acids is 1. The number of nitrogens with zero attached hydrogens (tertiary/aromatic N) is 2. The highest BCUT2D eigenvalue weighted by Gasteiger charge is 2.26. The number of carboxylic acids is 1. The van der Waals surface area contributed by atoms with Gasteiger partial charge in [0.05, 0.1) is 16.8 Å². The van der Waals surface area contributed by atoms with E-state index >= 15 is 0 Å². The van der Waals surface area contributed by atoms with Crippen LogP contribution in [-0.4, -0.2) is 37.5 Å². The number of nitrogens with one attached hydrogen (secondary N) is 2. The summed E-state index contributed by atoms with van der Waals surface area (Å²) >= 11 is 0. The number of carbonyl (C=O) groups is 1. The van der Waals surface area contributed by atoms with E-state index in [0.29, 0.717) is 30.3 Å². The van der Waals surface area contributed by atoms with E-state index < -0.39 is 5.97 Å². The second-order valence-electron chi connectivity index (χ2n) is 8.21. The van der Waals surface area contributed by atoms with E-state index in [9.17, 15) is 14.7 Å². The Morgan fingerprint density at radius 1 is 1.21 bits per heavy atom.